The van der Waals surface area contributed by atoms with Crippen LogP contribution in [0, 0.1) is 10.1 Å². The molecule has 0 spiro atoms. The molecule has 0 saturated carbocycles. The van der Waals surface area contributed by atoms with Crippen molar-refractivity contribution in [2.75, 3.05) is 19.0 Å². The maximum absolute atomic E-state index is 11.1. The van der Waals surface area contributed by atoms with E-state index in [1.807, 2.05) is 0 Å². The van der Waals surface area contributed by atoms with E-state index in [9.17, 15) is 14.9 Å². The predicted molar refractivity (Wildman–Crippen MR) is 55.9 cm³/mol. The second-order valence-electron chi connectivity index (χ2n) is 3.19. The highest BCUT2D eigenvalue weighted by atomic mass is 16.6. The Balaban J connectivity index is 3.48. The molecule has 0 fully saturated rings. The van der Waals surface area contributed by atoms with Crippen molar-refractivity contribution in [2.24, 2.45) is 5.73 Å². The van der Waals surface area contributed by atoms with Gasteiger partial charge in [0, 0.05) is 20.2 Å². The lowest BCUT2D eigenvalue weighted by Crippen LogP contribution is -2.19. The van der Waals surface area contributed by atoms with E-state index >= 15 is 0 Å². The summed E-state index contributed by atoms with van der Waals surface area (Å²) >= 11 is 0. The summed E-state index contributed by atoms with van der Waals surface area (Å²) in [4.78, 5) is 22.8. The summed E-state index contributed by atoms with van der Waals surface area (Å²) in [5, 5.41) is 10.7. The molecule has 0 atom stereocenters. The van der Waals surface area contributed by atoms with Crippen molar-refractivity contribution in [2.45, 2.75) is 0 Å². The zero-order chi connectivity index (χ0) is 11.6. The van der Waals surface area contributed by atoms with Crippen LogP contribution in [0.15, 0.2) is 18.2 Å². The van der Waals surface area contributed by atoms with Gasteiger partial charge >= 0.3 is 0 Å². The van der Waals surface area contributed by atoms with Crippen LogP contribution in [0.3, 0.4) is 0 Å². The van der Waals surface area contributed by atoms with Gasteiger partial charge in [0.05, 0.1) is 10.5 Å². The number of hydrogen-bond donors (Lipinski definition) is 1. The fourth-order valence-electron chi connectivity index (χ4n) is 1.35. The standard InChI is InChI=1S/C9H11N3O3/c1-11(2)8-6(9(10)13)4-3-5-7(8)12(14)15/h3-5H,1-2H3,(H2,10,13). The van der Waals surface area contributed by atoms with Gasteiger partial charge in [-0.2, -0.15) is 0 Å². The van der Waals surface area contributed by atoms with Gasteiger partial charge in [0.15, 0.2) is 0 Å². The largest absolute Gasteiger partial charge is 0.371 e. The number of nitrogens with zero attached hydrogens (tertiary/aromatic N) is 2. The zero-order valence-corrected chi connectivity index (χ0v) is 8.43. The third-order valence-electron chi connectivity index (χ3n) is 1.92. The van der Waals surface area contributed by atoms with Crippen LogP contribution < -0.4 is 10.6 Å². The van der Waals surface area contributed by atoms with Crippen molar-refractivity contribution < 1.29 is 9.72 Å². The first-order chi connectivity index (χ1) is 6.95. The van der Waals surface area contributed by atoms with E-state index in [1.165, 1.54) is 23.1 Å². The number of anilines is 1. The summed E-state index contributed by atoms with van der Waals surface area (Å²) in [6.45, 7) is 0. The Morgan fingerprint density at radius 1 is 1.47 bits per heavy atom. The minimum atomic E-state index is -0.678. The maximum atomic E-state index is 11.1. The zero-order valence-electron chi connectivity index (χ0n) is 8.43. The van der Waals surface area contributed by atoms with Crippen LogP contribution in [-0.4, -0.2) is 24.9 Å². The Hall–Kier alpha value is -2.11. The van der Waals surface area contributed by atoms with Gasteiger partial charge in [-0.15, -0.1) is 0 Å². The van der Waals surface area contributed by atoms with Gasteiger partial charge in [-0.05, 0) is 6.07 Å². The summed E-state index contributed by atoms with van der Waals surface area (Å²) in [5.74, 6) is -0.678. The Morgan fingerprint density at radius 3 is 2.47 bits per heavy atom. The molecule has 2 N–H and O–H groups in total. The highest BCUT2D eigenvalue weighted by Gasteiger charge is 2.21. The molecule has 0 aliphatic rings. The number of para-hydroxylation sites is 1. The molecule has 6 heteroatoms. The third-order valence-corrected chi connectivity index (χ3v) is 1.92. The molecule has 1 rings (SSSR count). The molecule has 15 heavy (non-hydrogen) atoms. The number of amides is 1. The number of carbonyl (C=O) groups is 1. The number of benzene rings is 1. The molecule has 1 aromatic rings. The summed E-state index contributed by atoms with van der Waals surface area (Å²) < 4.78 is 0. The quantitative estimate of drug-likeness (QED) is 0.587. The van der Waals surface area contributed by atoms with Crippen LogP contribution >= 0.6 is 0 Å². The number of nitro benzene ring substituents is 1. The molecule has 80 valence electrons. The number of carbonyl (C=O) groups excluding carboxylic acids is 1. The average molecular weight is 209 g/mol. The van der Waals surface area contributed by atoms with E-state index in [-0.39, 0.29) is 16.9 Å². The van der Waals surface area contributed by atoms with Crippen molar-refractivity contribution in [1.82, 2.24) is 0 Å². The fraction of sp³-hybridized carbons (Fsp3) is 0.222. The van der Waals surface area contributed by atoms with E-state index in [1.54, 1.807) is 14.1 Å². The minimum absolute atomic E-state index is 0.128. The van der Waals surface area contributed by atoms with Gasteiger partial charge < -0.3 is 10.6 Å². The molecule has 0 saturated heterocycles. The molecule has 0 aliphatic carbocycles. The predicted octanol–water partition coefficient (Wildman–Crippen LogP) is 0.760. The number of primary amides is 1. The summed E-state index contributed by atoms with van der Waals surface area (Å²) in [6, 6.07) is 4.23. The van der Waals surface area contributed by atoms with Gasteiger partial charge in [0.1, 0.15) is 5.69 Å². The first kappa shape index (κ1) is 11.0. The van der Waals surface area contributed by atoms with Gasteiger partial charge in [-0.3, -0.25) is 14.9 Å². The Labute approximate surface area is 86.4 Å². The van der Waals surface area contributed by atoms with Crippen LogP contribution in [0.25, 0.3) is 0 Å². The summed E-state index contributed by atoms with van der Waals surface area (Å²) in [6.07, 6.45) is 0. The van der Waals surface area contributed by atoms with Crippen LogP contribution in [0.5, 0.6) is 0 Å². The number of nitrogens with two attached hydrogens (primary N) is 1. The molecule has 0 radical (unpaired) electrons. The molecule has 0 aromatic heterocycles. The first-order valence-electron chi connectivity index (χ1n) is 4.19. The molecular weight excluding hydrogens is 198 g/mol. The molecule has 0 bridgehead atoms. The maximum Gasteiger partial charge on any atom is 0.293 e. The monoisotopic (exact) mass is 209 g/mol. The molecule has 0 aliphatic heterocycles. The Bertz CT molecular complexity index is 383. The normalized spacial score (nSPS) is 9.73. The molecule has 1 amide bonds. The lowest BCUT2D eigenvalue weighted by molar-refractivity contribution is -0.384. The van der Waals surface area contributed by atoms with Gasteiger partial charge in [-0.25, -0.2) is 0 Å². The van der Waals surface area contributed by atoms with E-state index in [0.717, 1.165) is 0 Å². The molecule has 6 nitrogen and oxygen atoms in total. The molecular formula is C9H11N3O3. The molecule has 0 heterocycles. The van der Waals surface area contributed by atoms with E-state index < -0.39 is 10.8 Å². The SMILES string of the molecule is CN(C)c1c(C(N)=O)cccc1[N+](=O)[O-]. The van der Waals surface area contributed by atoms with Gasteiger partial charge in [-0.1, -0.05) is 6.07 Å². The topological polar surface area (TPSA) is 89.5 Å². The van der Waals surface area contributed by atoms with Crippen molar-refractivity contribution in [3.8, 4) is 0 Å². The van der Waals surface area contributed by atoms with Crippen LogP contribution in [-0.2, 0) is 0 Å². The molecule has 1 aromatic carbocycles. The molecule has 0 unspecified atom stereocenters. The second-order valence-corrected chi connectivity index (χ2v) is 3.19. The number of rotatable bonds is 3. The Kier molecular flexibility index (Phi) is 2.89. The summed E-state index contributed by atoms with van der Waals surface area (Å²) in [5.41, 5.74) is 5.38. The van der Waals surface area contributed by atoms with E-state index in [2.05, 4.69) is 0 Å². The van der Waals surface area contributed by atoms with E-state index in [0.29, 0.717) is 0 Å². The second kappa shape index (κ2) is 3.95. The van der Waals surface area contributed by atoms with Crippen molar-refractivity contribution in [3.63, 3.8) is 0 Å². The number of hydrogen-bond acceptors (Lipinski definition) is 4. The highest BCUT2D eigenvalue weighted by molar-refractivity contribution is 6.00. The summed E-state index contributed by atoms with van der Waals surface area (Å²) in [7, 11) is 3.24. The lowest BCUT2D eigenvalue weighted by atomic mass is 10.1. The smallest absolute Gasteiger partial charge is 0.293 e. The fourth-order valence-corrected chi connectivity index (χ4v) is 1.35. The van der Waals surface area contributed by atoms with Crippen LogP contribution in [0.1, 0.15) is 10.4 Å². The lowest BCUT2D eigenvalue weighted by Gasteiger charge is -2.15. The van der Waals surface area contributed by atoms with Crippen molar-refractivity contribution >= 4 is 17.3 Å². The Morgan fingerprint density at radius 2 is 2.07 bits per heavy atom. The average Bonchev–Trinajstić information content (AvgIpc) is 2.16. The van der Waals surface area contributed by atoms with E-state index in [4.69, 9.17) is 5.73 Å². The highest BCUT2D eigenvalue weighted by Crippen LogP contribution is 2.29. The van der Waals surface area contributed by atoms with Gasteiger partial charge in [0.2, 0.25) is 0 Å². The van der Waals surface area contributed by atoms with Crippen molar-refractivity contribution in [1.29, 1.82) is 0 Å². The third kappa shape index (κ3) is 2.04. The minimum Gasteiger partial charge on any atom is -0.371 e. The number of nitro groups is 1. The first-order valence-corrected chi connectivity index (χ1v) is 4.19. The van der Waals surface area contributed by atoms with Crippen molar-refractivity contribution in [3.05, 3.63) is 33.9 Å². The van der Waals surface area contributed by atoms with Crippen LogP contribution in [0.2, 0.25) is 0 Å². The van der Waals surface area contributed by atoms with Gasteiger partial charge in [0.25, 0.3) is 11.6 Å². The van der Waals surface area contributed by atoms with Crippen LogP contribution in [0.4, 0.5) is 11.4 Å².